The maximum Gasteiger partial charge on any atom is 0.315 e. The van der Waals surface area contributed by atoms with Gasteiger partial charge in [0.2, 0.25) is 5.91 Å². The molecule has 0 radical (unpaired) electrons. The maximum absolute atomic E-state index is 11.7. The zero-order valence-corrected chi connectivity index (χ0v) is 12.2. The van der Waals surface area contributed by atoms with Crippen molar-refractivity contribution in [1.82, 2.24) is 20.8 Å². The Bertz CT molecular complexity index is 440. The summed E-state index contributed by atoms with van der Waals surface area (Å²) >= 11 is 0. The van der Waals surface area contributed by atoms with Gasteiger partial charge in [0.1, 0.15) is 5.82 Å². The topological polar surface area (TPSA) is 98.9 Å². The van der Waals surface area contributed by atoms with E-state index in [1.807, 2.05) is 0 Å². The summed E-state index contributed by atoms with van der Waals surface area (Å²) in [5.41, 5.74) is 0. The van der Waals surface area contributed by atoms with Crippen LogP contribution >= 0.6 is 0 Å². The molecule has 1 saturated carbocycles. The molecule has 1 fully saturated rings. The van der Waals surface area contributed by atoms with E-state index in [0.717, 1.165) is 12.8 Å². The van der Waals surface area contributed by atoms with Crippen molar-refractivity contribution in [1.29, 1.82) is 0 Å². The Labute approximate surface area is 124 Å². The second-order valence-electron chi connectivity index (χ2n) is 5.36. The summed E-state index contributed by atoms with van der Waals surface area (Å²) in [6, 6.07) is 1.87. The quantitative estimate of drug-likeness (QED) is 0.601. The van der Waals surface area contributed by atoms with Crippen LogP contribution in [0.15, 0.2) is 12.3 Å². The van der Waals surface area contributed by atoms with Crippen molar-refractivity contribution in [2.75, 3.05) is 11.9 Å². The number of aromatic nitrogens is 2. The fourth-order valence-electron chi connectivity index (χ4n) is 2.47. The van der Waals surface area contributed by atoms with E-state index in [4.69, 9.17) is 0 Å². The molecule has 7 heteroatoms. The third-order valence-corrected chi connectivity index (χ3v) is 3.58. The first-order valence-electron chi connectivity index (χ1n) is 7.57. The highest BCUT2D eigenvalue weighted by Gasteiger charge is 2.15. The summed E-state index contributed by atoms with van der Waals surface area (Å²) < 4.78 is 0. The average Bonchev–Trinajstić information content (AvgIpc) is 2.97. The van der Waals surface area contributed by atoms with Crippen LogP contribution in [0.25, 0.3) is 0 Å². The van der Waals surface area contributed by atoms with Crippen LogP contribution in [0.5, 0.6) is 0 Å². The summed E-state index contributed by atoms with van der Waals surface area (Å²) in [5, 5.41) is 14.9. The molecule has 0 aliphatic heterocycles. The number of urea groups is 1. The van der Waals surface area contributed by atoms with Gasteiger partial charge in [-0.2, -0.15) is 5.10 Å². The van der Waals surface area contributed by atoms with Crippen molar-refractivity contribution in [3.63, 3.8) is 0 Å². The molecule has 3 amide bonds. The van der Waals surface area contributed by atoms with Gasteiger partial charge in [-0.15, -0.1) is 0 Å². The number of rotatable bonds is 6. The Morgan fingerprint density at radius 3 is 2.81 bits per heavy atom. The van der Waals surface area contributed by atoms with Crippen LogP contribution in [0, 0.1) is 0 Å². The first-order chi connectivity index (χ1) is 10.2. The molecule has 2 rings (SSSR count). The molecule has 1 heterocycles. The highest BCUT2D eigenvalue weighted by atomic mass is 16.2. The monoisotopic (exact) mass is 293 g/mol. The molecule has 0 saturated heterocycles. The van der Waals surface area contributed by atoms with Crippen LogP contribution < -0.4 is 16.0 Å². The molecule has 116 valence electrons. The molecule has 1 aromatic rings. The summed E-state index contributed by atoms with van der Waals surface area (Å²) in [5.74, 6) is 0.497. The van der Waals surface area contributed by atoms with Crippen LogP contribution in [0.3, 0.4) is 0 Å². The molecule has 7 nitrogen and oxygen atoms in total. The maximum atomic E-state index is 11.7. The van der Waals surface area contributed by atoms with E-state index in [1.54, 1.807) is 12.3 Å². The molecule has 0 aromatic carbocycles. The van der Waals surface area contributed by atoms with Crippen LogP contribution in [0.2, 0.25) is 0 Å². The van der Waals surface area contributed by atoms with Gasteiger partial charge in [-0.1, -0.05) is 19.3 Å². The van der Waals surface area contributed by atoms with Crippen LogP contribution in [0.1, 0.15) is 44.9 Å². The number of H-pyrrole nitrogens is 1. The lowest BCUT2D eigenvalue weighted by atomic mass is 9.96. The second-order valence-corrected chi connectivity index (χ2v) is 5.36. The lowest BCUT2D eigenvalue weighted by molar-refractivity contribution is -0.116. The SMILES string of the molecule is O=C(CCCNC(=O)NC1CCCCC1)Nc1ccn[nH]1. The van der Waals surface area contributed by atoms with E-state index in [2.05, 4.69) is 26.1 Å². The first-order valence-corrected chi connectivity index (χ1v) is 7.57. The number of carbonyl (C=O) groups is 2. The van der Waals surface area contributed by atoms with Gasteiger partial charge in [0.05, 0.1) is 6.20 Å². The molecule has 1 aromatic heterocycles. The normalized spacial score (nSPS) is 15.4. The minimum Gasteiger partial charge on any atom is -0.338 e. The minimum absolute atomic E-state index is 0.0891. The summed E-state index contributed by atoms with van der Waals surface area (Å²) in [7, 11) is 0. The van der Waals surface area contributed by atoms with Crippen molar-refractivity contribution >= 4 is 17.8 Å². The van der Waals surface area contributed by atoms with E-state index < -0.39 is 0 Å². The zero-order valence-electron chi connectivity index (χ0n) is 12.2. The molecular formula is C14H23N5O2. The van der Waals surface area contributed by atoms with E-state index >= 15 is 0 Å². The predicted molar refractivity (Wildman–Crippen MR) is 79.9 cm³/mol. The first kappa shape index (κ1) is 15.3. The molecule has 4 N–H and O–H groups in total. The Morgan fingerprint density at radius 1 is 1.29 bits per heavy atom. The lowest BCUT2D eigenvalue weighted by Gasteiger charge is -2.22. The van der Waals surface area contributed by atoms with E-state index in [9.17, 15) is 9.59 Å². The molecule has 0 bridgehead atoms. The van der Waals surface area contributed by atoms with Crippen molar-refractivity contribution < 1.29 is 9.59 Å². The molecule has 0 unspecified atom stereocenters. The number of nitrogens with one attached hydrogen (secondary N) is 4. The highest BCUT2D eigenvalue weighted by molar-refractivity contribution is 5.89. The molecule has 0 atom stereocenters. The molecular weight excluding hydrogens is 270 g/mol. The van der Waals surface area contributed by atoms with E-state index in [1.165, 1.54) is 19.3 Å². The van der Waals surface area contributed by atoms with Gasteiger partial charge in [0.25, 0.3) is 0 Å². The summed E-state index contributed by atoms with van der Waals surface area (Å²) in [4.78, 5) is 23.3. The Balaban J connectivity index is 1.52. The molecule has 1 aliphatic carbocycles. The highest BCUT2D eigenvalue weighted by Crippen LogP contribution is 2.17. The second kappa shape index (κ2) is 8.28. The van der Waals surface area contributed by atoms with Gasteiger partial charge in [0.15, 0.2) is 0 Å². The minimum atomic E-state index is -0.129. The third kappa shape index (κ3) is 5.85. The van der Waals surface area contributed by atoms with Gasteiger partial charge < -0.3 is 16.0 Å². The number of anilines is 1. The fraction of sp³-hybridized carbons (Fsp3) is 0.643. The van der Waals surface area contributed by atoms with E-state index in [-0.39, 0.29) is 11.9 Å². The lowest BCUT2D eigenvalue weighted by Crippen LogP contribution is -2.43. The van der Waals surface area contributed by atoms with E-state index in [0.29, 0.717) is 31.2 Å². The molecule has 0 spiro atoms. The van der Waals surface area contributed by atoms with Crippen molar-refractivity contribution in [3.05, 3.63) is 12.3 Å². The summed E-state index contributed by atoms with van der Waals surface area (Å²) in [6.07, 6.45) is 8.34. The van der Waals surface area contributed by atoms with Crippen LogP contribution in [-0.2, 0) is 4.79 Å². The smallest absolute Gasteiger partial charge is 0.315 e. The van der Waals surface area contributed by atoms with Crippen molar-refractivity contribution in [2.24, 2.45) is 0 Å². The van der Waals surface area contributed by atoms with Gasteiger partial charge >= 0.3 is 6.03 Å². The largest absolute Gasteiger partial charge is 0.338 e. The predicted octanol–water partition coefficient (Wildman–Crippen LogP) is 1.76. The zero-order chi connectivity index (χ0) is 14.9. The molecule has 21 heavy (non-hydrogen) atoms. The number of nitrogens with zero attached hydrogens (tertiary/aromatic N) is 1. The van der Waals surface area contributed by atoms with Gasteiger partial charge in [0, 0.05) is 25.1 Å². The third-order valence-electron chi connectivity index (χ3n) is 3.58. The number of carbonyl (C=O) groups excluding carboxylic acids is 2. The average molecular weight is 293 g/mol. The Hall–Kier alpha value is -2.05. The van der Waals surface area contributed by atoms with Crippen LogP contribution in [0.4, 0.5) is 10.6 Å². The number of hydrogen-bond donors (Lipinski definition) is 4. The van der Waals surface area contributed by atoms with Gasteiger partial charge in [-0.3, -0.25) is 9.89 Å². The number of hydrogen-bond acceptors (Lipinski definition) is 3. The standard InChI is InChI=1S/C14H23N5O2/c20-13(18-12-8-10-16-19-12)7-4-9-15-14(21)17-11-5-2-1-3-6-11/h8,10-11H,1-7,9H2,(H2,15,17,21)(H2,16,18,19,20). The molecule has 1 aliphatic rings. The number of amides is 3. The fourth-order valence-corrected chi connectivity index (χ4v) is 2.47. The van der Waals surface area contributed by atoms with Gasteiger partial charge in [-0.05, 0) is 19.3 Å². The van der Waals surface area contributed by atoms with Crippen LogP contribution in [-0.4, -0.2) is 34.7 Å². The van der Waals surface area contributed by atoms with Crippen molar-refractivity contribution in [3.8, 4) is 0 Å². The summed E-state index contributed by atoms with van der Waals surface area (Å²) in [6.45, 7) is 0.495. The Kier molecular flexibility index (Phi) is 6.05. The van der Waals surface area contributed by atoms with Gasteiger partial charge in [-0.25, -0.2) is 4.79 Å². The Morgan fingerprint density at radius 2 is 2.10 bits per heavy atom. The van der Waals surface area contributed by atoms with Crippen molar-refractivity contribution in [2.45, 2.75) is 51.0 Å². The number of aromatic amines is 1.